The summed E-state index contributed by atoms with van der Waals surface area (Å²) in [4.78, 5) is 27.5. The van der Waals surface area contributed by atoms with E-state index in [2.05, 4.69) is 24.8 Å². The van der Waals surface area contributed by atoms with Crippen molar-refractivity contribution >= 4 is 17.4 Å². The summed E-state index contributed by atoms with van der Waals surface area (Å²) in [6.07, 6.45) is 8.34. The Balaban J connectivity index is 1.29. The number of carbonyl (C=O) groups is 1. The zero-order chi connectivity index (χ0) is 20.8. The van der Waals surface area contributed by atoms with Crippen LogP contribution in [0.25, 0.3) is 0 Å². The first-order chi connectivity index (χ1) is 14.7. The fourth-order valence-electron chi connectivity index (χ4n) is 3.51. The molecule has 8 heteroatoms. The van der Waals surface area contributed by atoms with Crippen LogP contribution in [0, 0.1) is 6.92 Å². The van der Waals surface area contributed by atoms with Crippen molar-refractivity contribution in [2.75, 3.05) is 25.0 Å². The van der Waals surface area contributed by atoms with E-state index in [1.807, 2.05) is 48.4 Å². The molecule has 0 unspecified atom stereocenters. The standard InChI is InChI=1S/C22H26N6O2/c1-17-23-10-12-27(17)11-4-6-22(29)28-13-14-30-20(16-28)19-8-7-18(15-25-19)26-21-5-2-3-9-24-21/h2-3,5,7-10,12,15,20H,4,6,11,13-14,16H2,1H3,(H,24,26)/t20-/m1/s1. The summed E-state index contributed by atoms with van der Waals surface area (Å²) in [6.45, 7) is 4.45. The molecule has 30 heavy (non-hydrogen) atoms. The predicted octanol–water partition coefficient (Wildman–Crippen LogP) is 3.11. The molecule has 1 aliphatic heterocycles. The summed E-state index contributed by atoms with van der Waals surface area (Å²) in [6, 6.07) is 9.59. The SMILES string of the molecule is Cc1nccn1CCCC(=O)N1CCO[C@@H](c2ccc(Nc3ccccn3)cn2)C1. The van der Waals surface area contributed by atoms with Gasteiger partial charge in [0.2, 0.25) is 5.91 Å². The molecule has 0 spiro atoms. The Kier molecular flexibility index (Phi) is 6.34. The van der Waals surface area contributed by atoms with Crippen LogP contribution in [0.5, 0.6) is 0 Å². The van der Waals surface area contributed by atoms with Crippen molar-refractivity contribution in [3.63, 3.8) is 0 Å². The number of imidazole rings is 1. The summed E-state index contributed by atoms with van der Waals surface area (Å²) in [7, 11) is 0. The van der Waals surface area contributed by atoms with Gasteiger partial charge in [-0.05, 0) is 37.6 Å². The zero-order valence-electron chi connectivity index (χ0n) is 17.1. The molecule has 3 aromatic rings. The van der Waals surface area contributed by atoms with E-state index >= 15 is 0 Å². The van der Waals surface area contributed by atoms with Crippen LogP contribution in [0.15, 0.2) is 55.1 Å². The number of amides is 1. The van der Waals surface area contributed by atoms with Crippen LogP contribution < -0.4 is 5.32 Å². The lowest BCUT2D eigenvalue weighted by atomic mass is 10.1. The molecule has 0 aliphatic carbocycles. The molecule has 8 nitrogen and oxygen atoms in total. The van der Waals surface area contributed by atoms with Gasteiger partial charge >= 0.3 is 0 Å². The van der Waals surface area contributed by atoms with Crippen LogP contribution >= 0.6 is 0 Å². The predicted molar refractivity (Wildman–Crippen MR) is 113 cm³/mol. The summed E-state index contributed by atoms with van der Waals surface area (Å²) in [5, 5.41) is 3.21. The third-order valence-electron chi connectivity index (χ3n) is 5.19. The Morgan fingerprint density at radius 1 is 1.20 bits per heavy atom. The molecule has 3 aromatic heterocycles. The Bertz CT molecular complexity index is 957. The van der Waals surface area contributed by atoms with Gasteiger partial charge < -0.3 is 19.5 Å². The number of pyridine rings is 2. The molecule has 4 heterocycles. The first kappa shape index (κ1) is 20.0. The average molecular weight is 406 g/mol. The van der Waals surface area contributed by atoms with Gasteiger partial charge in [0.05, 0.1) is 30.7 Å². The summed E-state index contributed by atoms with van der Waals surface area (Å²) in [5.74, 6) is 1.90. The topological polar surface area (TPSA) is 85.2 Å². The number of morpholine rings is 1. The van der Waals surface area contributed by atoms with Gasteiger partial charge in [-0.3, -0.25) is 9.78 Å². The van der Waals surface area contributed by atoms with Gasteiger partial charge in [-0.25, -0.2) is 9.97 Å². The number of aromatic nitrogens is 4. The number of ether oxygens (including phenoxy) is 1. The number of hydrogen-bond acceptors (Lipinski definition) is 6. The van der Waals surface area contributed by atoms with Crippen LogP contribution in [0.2, 0.25) is 0 Å². The fourth-order valence-corrected chi connectivity index (χ4v) is 3.51. The zero-order valence-corrected chi connectivity index (χ0v) is 17.1. The smallest absolute Gasteiger partial charge is 0.222 e. The van der Waals surface area contributed by atoms with E-state index in [4.69, 9.17) is 4.74 Å². The van der Waals surface area contributed by atoms with Crippen molar-refractivity contribution in [1.82, 2.24) is 24.4 Å². The van der Waals surface area contributed by atoms with Crippen LogP contribution in [0.4, 0.5) is 11.5 Å². The maximum absolute atomic E-state index is 12.7. The molecule has 4 rings (SSSR count). The van der Waals surface area contributed by atoms with Crippen LogP contribution in [0.1, 0.15) is 30.5 Å². The van der Waals surface area contributed by atoms with Gasteiger partial charge in [-0.2, -0.15) is 0 Å². The van der Waals surface area contributed by atoms with E-state index in [-0.39, 0.29) is 12.0 Å². The minimum absolute atomic E-state index is 0.162. The van der Waals surface area contributed by atoms with Gasteiger partial charge in [0, 0.05) is 38.1 Å². The molecular weight excluding hydrogens is 380 g/mol. The lowest BCUT2D eigenvalue weighted by Gasteiger charge is -2.32. The number of aryl methyl sites for hydroxylation is 2. The summed E-state index contributed by atoms with van der Waals surface area (Å²) < 4.78 is 7.95. The van der Waals surface area contributed by atoms with E-state index in [1.165, 1.54) is 0 Å². The van der Waals surface area contributed by atoms with E-state index < -0.39 is 0 Å². The van der Waals surface area contributed by atoms with Crippen molar-refractivity contribution in [3.8, 4) is 0 Å². The quantitative estimate of drug-likeness (QED) is 0.649. The second kappa shape index (κ2) is 9.49. The average Bonchev–Trinajstić information content (AvgIpc) is 3.20. The molecule has 1 amide bonds. The second-order valence-electron chi connectivity index (χ2n) is 7.28. The minimum atomic E-state index is -0.206. The molecule has 0 aromatic carbocycles. The Hall–Kier alpha value is -3.26. The highest BCUT2D eigenvalue weighted by Crippen LogP contribution is 2.23. The lowest BCUT2D eigenvalue weighted by Crippen LogP contribution is -2.42. The van der Waals surface area contributed by atoms with Crippen LogP contribution in [0.3, 0.4) is 0 Å². The summed E-state index contributed by atoms with van der Waals surface area (Å²) in [5.41, 5.74) is 1.68. The number of hydrogen-bond donors (Lipinski definition) is 1. The van der Waals surface area contributed by atoms with Crippen molar-refractivity contribution < 1.29 is 9.53 Å². The molecule has 1 fully saturated rings. The number of carbonyl (C=O) groups excluding carboxylic acids is 1. The van der Waals surface area contributed by atoms with Crippen molar-refractivity contribution in [1.29, 1.82) is 0 Å². The van der Waals surface area contributed by atoms with Crippen LogP contribution in [-0.2, 0) is 16.1 Å². The van der Waals surface area contributed by atoms with E-state index in [9.17, 15) is 4.79 Å². The maximum Gasteiger partial charge on any atom is 0.222 e. The van der Waals surface area contributed by atoms with E-state index in [0.717, 1.165) is 36.0 Å². The van der Waals surface area contributed by atoms with E-state index in [0.29, 0.717) is 26.1 Å². The van der Waals surface area contributed by atoms with Gasteiger partial charge in [-0.1, -0.05) is 6.07 Å². The first-order valence-electron chi connectivity index (χ1n) is 10.2. The third kappa shape index (κ3) is 5.01. The number of nitrogens with one attached hydrogen (secondary N) is 1. The van der Waals surface area contributed by atoms with Gasteiger partial charge in [0.25, 0.3) is 0 Å². The van der Waals surface area contributed by atoms with Crippen LogP contribution in [-0.4, -0.2) is 50.0 Å². The summed E-state index contributed by atoms with van der Waals surface area (Å²) >= 11 is 0. The molecule has 156 valence electrons. The number of anilines is 2. The highest BCUT2D eigenvalue weighted by molar-refractivity contribution is 5.76. The third-order valence-corrected chi connectivity index (χ3v) is 5.19. The Labute approximate surface area is 175 Å². The molecule has 1 N–H and O–H groups in total. The first-order valence-corrected chi connectivity index (χ1v) is 10.2. The second-order valence-corrected chi connectivity index (χ2v) is 7.28. The van der Waals surface area contributed by atoms with Crippen molar-refractivity contribution in [2.24, 2.45) is 0 Å². The Morgan fingerprint density at radius 2 is 2.13 bits per heavy atom. The highest BCUT2D eigenvalue weighted by atomic mass is 16.5. The Morgan fingerprint density at radius 3 is 2.87 bits per heavy atom. The molecule has 1 saturated heterocycles. The molecule has 1 atom stereocenters. The number of nitrogens with zero attached hydrogens (tertiary/aromatic N) is 5. The molecule has 1 aliphatic rings. The van der Waals surface area contributed by atoms with E-state index in [1.54, 1.807) is 18.6 Å². The number of rotatable bonds is 7. The van der Waals surface area contributed by atoms with Crippen molar-refractivity contribution in [2.45, 2.75) is 32.4 Å². The molecule has 0 saturated carbocycles. The lowest BCUT2D eigenvalue weighted by molar-refractivity contribution is -0.139. The van der Waals surface area contributed by atoms with Gasteiger partial charge in [0.1, 0.15) is 17.7 Å². The maximum atomic E-state index is 12.7. The normalized spacial score (nSPS) is 16.4. The van der Waals surface area contributed by atoms with Gasteiger partial charge in [0.15, 0.2) is 0 Å². The molecular formula is C22H26N6O2. The highest BCUT2D eigenvalue weighted by Gasteiger charge is 2.26. The van der Waals surface area contributed by atoms with Crippen molar-refractivity contribution in [3.05, 3.63) is 66.6 Å². The fraction of sp³-hybridized carbons (Fsp3) is 0.364. The van der Waals surface area contributed by atoms with Gasteiger partial charge in [-0.15, -0.1) is 0 Å². The monoisotopic (exact) mass is 406 g/mol. The molecule has 0 radical (unpaired) electrons. The molecule has 0 bridgehead atoms. The minimum Gasteiger partial charge on any atom is -0.368 e. The largest absolute Gasteiger partial charge is 0.368 e.